The third-order valence-electron chi connectivity index (χ3n) is 3.92. The molecule has 1 N–H and O–H groups in total. The molecule has 0 aliphatic heterocycles. The summed E-state index contributed by atoms with van der Waals surface area (Å²) in [6.45, 7) is 0.519. The Kier molecular flexibility index (Phi) is 4.65. The van der Waals surface area contributed by atoms with Gasteiger partial charge in [0.1, 0.15) is 5.69 Å². The molecule has 4 aromatic rings. The van der Waals surface area contributed by atoms with E-state index in [9.17, 15) is 4.79 Å². The minimum atomic E-state index is -0.348. The van der Waals surface area contributed by atoms with Gasteiger partial charge in [-0.25, -0.2) is 0 Å². The van der Waals surface area contributed by atoms with Crippen LogP contribution in [-0.4, -0.2) is 30.6 Å². The van der Waals surface area contributed by atoms with Crippen LogP contribution < -0.4 is 5.32 Å². The second-order valence-corrected chi connectivity index (χ2v) is 5.77. The molecule has 0 saturated carbocycles. The topological polar surface area (TPSA) is 85.6 Å². The molecule has 27 heavy (non-hydrogen) atoms. The van der Waals surface area contributed by atoms with Crippen molar-refractivity contribution in [2.45, 2.75) is 6.54 Å². The lowest BCUT2D eigenvalue weighted by atomic mass is 10.2. The van der Waals surface area contributed by atoms with E-state index >= 15 is 0 Å². The van der Waals surface area contributed by atoms with E-state index in [1.54, 1.807) is 48.9 Å². The largest absolute Gasteiger partial charge is 0.350 e. The molecule has 0 atom stereocenters. The minimum Gasteiger partial charge on any atom is -0.350 e. The number of nitrogens with zero attached hydrogens (tertiary/aromatic N) is 5. The van der Waals surface area contributed by atoms with Crippen molar-refractivity contribution in [3.8, 4) is 11.4 Å². The van der Waals surface area contributed by atoms with E-state index in [-0.39, 0.29) is 5.91 Å². The molecule has 0 radical (unpaired) electrons. The molecule has 0 unspecified atom stereocenters. The lowest BCUT2D eigenvalue weighted by molar-refractivity contribution is 0.0942. The maximum atomic E-state index is 12.9. The van der Waals surface area contributed by atoms with Crippen molar-refractivity contribution >= 4 is 11.9 Å². The second kappa shape index (κ2) is 7.57. The van der Waals surface area contributed by atoms with Crippen molar-refractivity contribution in [1.29, 1.82) is 0 Å². The Labute approximate surface area is 155 Å². The van der Waals surface area contributed by atoms with Gasteiger partial charge in [0.15, 0.2) is 5.82 Å². The maximum absolute atomic E-state index is 12.9. The molecule has 0 saturated heterocycles. The van der Waals surface area contributed by atoms with Gasteiger partial charge in [0.25, 0.3) is 5.91 Å². The van der Waals surface area contributed by atoms with Gasteiger partial charge in [-0.05, 0) is 29.8 Å². The highest BCUT2D eigenvalue weighted by molar-refractivity contribution is 5.95. The first kappa shape index (κ1) is 16.6. The van der Waals surface area contributed by atoms with Crippen LogP contribution in [0.2, 0.25) is 0 Å². The van der Waals surface area contributed by atoms with Crippen LogP contribution in [0.3, 0.4) is 0 Å². The number of pyridine rings is 2. The van der Waals surface area contributed by atoms with Crippen molar-refractivity contribution in [3.05, 3.63) is 90.5 Å². The SMILES string of the molecule is O=C(c1ccccn1)n1nc(-c2ccncc2)nc1NCc1ccccc1. The Bertz CT molecular complexity index is 1030. The van der Waals surface area contributed by atoms with Crippen molar-refractivity contribution in [2.24, 2.45) is 0 Å². The molecule has 7 nitrogen and oxygen atoms in total. The summed E-state index contributed by atoms with van der Waals surface area (Å²) < 4.78 is 1.25. The summed E-state index contributed by atoms with van der Waals surface area (Å²) in [7, 11) is 0. The van der Waals surface area contributed by atoms with Crippen LogP contribution in [0.4, 0.5) is 5.95 Å². The van der Waals surface area contributed by atoms with Gasteiger partial charge in [-0.2, -0.15) is 9.67 Å². The van der Waals surface area contributed by atoms with Crippen LogP contribution in [-0.2, 0) is 6.54 Å². The zero-order valence-electron chi connectivity index (χ0n) is 14.4. The van der Waals surface area contributed by atoms with E-state index < -0.39 is 0 Å². The number of hydrogen-bond donors (Lipinski definition) is 1. The van der Waals surface area contributed by atoms with Crippen molar-refractivity contribution in [1.82, 2.24) is 24.7 Å². The summed E-state index contributed by atoms with van der Waals surface area (Å²) >= 11 is 0. The first-order chi connectivity index (χ1) is 13.3. The molecular formula is C20H16N6O. The zero-order valence-corrected chi connectivity index (χ0v) is 14.4. The molecule has 0 amide bonds. The van der Waals surface area contributed by atoms with Crippen LogP contribution in [0, 0.1) is 0 Å². The van der Waals surface area contributed by atoms with E-state index in [2.05, 4.69) is 25.4 Å². The number of hydrogen-bond acceptors (Lipinski definition) is 6. The molecule has 1 aromatic carbocycles. The van der Waals surface area contributed by atoms with Gasteiger partial charge in [-0.15, -0.1) is 5.10 Å². The number of rotatable bonds is 5. The number of anilines is 1. The molecule has 3 aromatic heterocycles. The van der Waals surface area contributed by atoms with Crippen LogP contribution in [0.25, 0.3) is 11.4 Å². The van der Waals surface area contributed by atoms with Crippen LogP contribution in [0.1, 0.15) is 16.1 Å². The minimum absolute atomic E-state index is 0.298. The summed E-state index contributed by atoms with van der Waals surface area (Å²) in [5, 5.41) is 7.59. The Morgan fingerprint density at radius 3 is 2.44 bits per heavy atom. The Morgan fingerprint density at radius 2 is 1.70 bits per heavy atom. The highest BCUT2D eigenvalue weighted by Crippen LogP contribution is 2.18. The third kappa shape index (κ3) is 3.72. The first-order valence-corrected chi connectivity index (χ1v) is 8.42. The second-order valence-electron chi connectivity index (χ2n) is 5.77. The maximum Gasteiger partial charge on any atom is 0.299 e. The molecule has 0 bridgehead atoms. The molecule has 3 heterocycles. The van der Waals surface area contributed by atoms with Gasteiger partial charge in [-0.1, -0.05) is 36.4 Å². The van der Waals surface area contributed by atoms with Gasteiger partial charge in [0.05, 0.1) is 0 Å². The normalized spacial score (nSPS) is 10.5. The monoisotopic (exact) mass is 356 g/mol. The summed E-state index contributed by atoms with van der Waals surface area (Å²) in [5.74, 6) is 0.456. The number of carbonyl (C=O) groups is 1. The fourth-order valence-corrected chi connectivity index (χ4v) is 2.57. The smallest absolute Gasteiger partial charge is 0.299 e. The highest BCUT2D eigenvalue weighted by atomic mass is 16.2. The number of nitrogens with one attached hydrogen (secondary N) is 1. The predicted molar refractivity (Wildman–Crippen MR) is 101 cm³/mol. The fourth-order valence-electron chi connectivity index (χ4n) is 2.57. The average molecular weight is 356 g/mol. The number of benzene rings is 1. The van der Waals surface area contributed by atoms with Gasteiger partial charge in [-0.3, -0.25) is 14.8 Å². The summed E-state index contributed by atoms with van der Waals surface area (Å²) in [6, 6.07) is 18.6. The van der Waals surface area contributed by atoms with E-state index in [1.165, 1.54) is 4.68 Å². The quantitative estimate of drug-likeness (QED) is 0.591. The number of aromatic nitrogens is 5. The van der Waals surface area contributed by atoms with Gasteiger partial charge < -0.3 is 5.32 Å². The van der Waals surface area contributed by atoms with Crippen molar-refractivity contribution in [3.63, 3.8) is 0 Å². The summed E-state index contributed by atoms with van der Waals surface area (Å²) in [5.41, 5.74) is 2.15. The van der Waals surface area contributed by atoms with Crippen LogP contribution in [0.15, 0.2) is 79.3 Å². The predicted octanol–water partition coefficient (Wildman–Crippen LogP) is 3.04. The molecule has 0 aliphatic rings. The van der Waals surface area contributed by atoms with Crippen LogP contribution >= 0.6 is 0 Å². The molecule has 132 valence electrons. The summed E-state index contributed by atoms with van der Waals surface area (Å²) in [4.78, 5) is 25.5. The molecule has 0 aliphatic carbocycles. The average Bonchev–Trinajstić information content (AvgIpc) is 3.18. The van der Waals surface area contributed by atoms with Crippen LogP contribution in [0.5, 0.6) is 0 Å². The van der Waals surface area contributed by atoms with Gasteiger partial charge >= 0.3 is 0 Å². The Hall–Kier alpha value is -3.87. The lowest BCUT2D eigenvalue weighted by Crippen LogP contribution is -2.18. The van der Waals surface area contributed by atoms with E-state index in [1.807, 2.05) is 30.3 Å². The molecule has 4 rings (SSSR count). The molecule has 7 heteroatoms. The highest BCUT2D eigenvalue weighted by Gasteiger charge is 2.19. The van der Waals surface area contributed by atoms with Crippen molar-refractivity contribution < 1.29 is 4.79 Å². The Balaban J connectivity index is 1.69. The fraction of sp³-hybridized carbons (Fsp3) is 0.0500. The van der Waals surface area contributed by atoms with E-state index in [4.69, 9.17) is 0 Å². The van der Waals surface area contributed by atoms with E-state index in [0.717, 1.165) is 11.1 Å². The Morgan fingerprint density at radius 1 is 0.926 bits per heavy atom. The van der Waals surface area contributed by atoms with Gasteiger partial charge in [0, 0.05) is 30.7 Å². The molecular weight excluding hydrogens is 340 g/mol. The molecule has 0 spiro atoms. The van der Waals surface area contributed by atoms with E-state index in [0.29, 0.717) is 24.0 Å². The first-order valence-electron chi connectivity index (χ1n) is 8.42. The number of carbonyl (C=O) groups excluding carboxylic acids is 1. The zero-order chi connectivity index (χ0) is 18.5. The lowest BCUT2D eigenvalue weighted by Gasteiger charge is -2.06. The molecule has 0 fully saturated rings. The summed E-state index contributed by atoms with van der Waals surface area (Å²) in [6.07, 6.45) is 4.90. The van der Waals surface area contributed by atoms with Gasteiger partial charge in [0.2, 0.25) is 5.95 Å². The third-order valence-corrected chi connectivity index (χ3v) is 3.92. The standard InChI is InChI=1S/C20H16N6O/c27-19(17-8-4-5-11-22-17)26-20(23-14-15-6-2-1-3-7-15)24-18(25-26)16-9-12-21-13-10-16/h1-13H,14H2,(H,23,24,25). The van der Waals surface area contributed by atoms with Crippen molar-refractivity contribution in [2.75, 3.05) is 5.32 Å².